The number of carbonyl (C=O) groups excluding carboxylic acids is 1. The minimum atomic E-state index is -0.883. The summed E-state index contributed by atoms with van der Waals surface area (Å²) in [4.78, 5) is 15.6. The van der Waals surface area contributed by atoms with E-state index in [0.717, 1.165) is 38.9 Å². The molecule has 1 heterocycles. The van der Waals surface area contributed by atoms with E-state index in [4.69, 9.17) is 5.11 Å². The molecular formula is C12H24N2O3. The van der Waals surface area contributed by atoms with Crippen molar-refractivity contribution >= 4 is 5.91 Å². The zero-order valence-corrected chi connectivity index (χ0v) is 10.6. The predicted molar refractivity (Wildman–Crippen MR) is 65.6 cm³/mol. The molecule has 17 heavy (non-hydrogen) atoms. The van der Waals surface area contributed by atoms with Crippen molar-refractivity contribution in [1.82, 2.24) is 9.80 Å². The topological polar surface area (TPSA) is 64.0 Å². The molecule has 0 aromatic carbocycles. The molecule has 0 spiro atoms. The fourth-order valence-electron chi connectivity index (χ4n) is 2.08. The second kappa shape index (κ2) is 7.63. The molecule has 0 saturated carbocycles. The Bertz CT molecular complexity index is 226. The lowest BCUT2D eigenvalue weighted by molar-refractivity contribution is -0.141. The molecule has 1 rings (SSSR count). The van der Waals surface area contributed by atoms with E-state index in [0.29, 0.717) is 13.1 Å². The fourth-order valence-corrected chi connectivity index (χ4v) is 2.08. The Hall–Kier alpha value is -0.650. The molecule has 5 heteroatoms. The van der Waals surface area contributed by atoms with Gasteiger partial charge in [-0.3, -0.25) is 9.69 Å². The monoisotopic (exact) mass is 244 g/mol. The number of piperazine rings is 1. The van der Waals surface area contributed by atoms with Crippen LogP contribution in [0, 0.1) is 0 Å². The maximum Gasteiger partial charge on any atom is 0.251 e. The largest absolute Gasteiger partial charge is 0.396 e. The number of hydrogen-bond acceptors (Lipinski definition) is 4. The molecule has 2 N–H and O–H groups in total. The number of unbranched alkanes of at least 4 members (excludes halogenated alkanes) is 2. The number of rotatable bonds is 6. The van der Waals surface area contributed by atoms with Crippen molar-refractivity contribution in [3.63, 3.8) is 0 Å². The van der Waals surface area contributed by atoms with E-state index in [9.17, 15) is 9.90 Å². The SMILES string of the molecule is CC(O)C(=O)N1CCN(CCCCCO)CC1. The lowest BCUT2D eigenvalue weighted by Gasteiger charge is -2.35. The predicted octanol–water partition coefficient (Wildman–Crippen LogP) is -0.326. The Morgan fingerprint density at radius 2 is 1.82 bits per heavy atom. The van der Waals surface area contributed by atoms with Crippen LogP contribution in [-0.2, 0) is 4.79 Å². The Morgan fingerprint density at radius 1 is 1.18 bits per heavy atom. The summed E-state index contributed by atoms with van der Waals surface area (Å²) in [7, 11) is 0. The van der Waals surface area contributed by atoms with Crippen molar-refractivity contribution in [2.24, 2.45) is 0 Å². The van der Waals surface area contributed by atoms with Gasteiger partial charge in [-0.2, -0.15) is 0 Å². The molecule has 1 aliphatic rings. The summed E-state index contributed by atoms with van der Waals surface area (Å²) in [6.45, 7) is 6.03. The minimum absolute atomic E-state index is 0.162. The van der Waals surface area contributed by atoms with Crippen molar-refractivity contribution in [3.05, 3.63) is 0 Å². The van der Waals surface area contributed by atoms with Gasteiger partial charge in [0.15, 0.2) is 0 Å². The Morgan fingerprint density at radius 3 is 2.35 bits per heavy atom. The molecule has 0 bridgehead atoms. The van der Waals surface area contributed by atoms with Crippen LogP contribution in [0.5, 0.6) is 0 Å². The maximum absolute atomic E-state index is 11.5. The van der Waals surface area contributed by atoms with E-state index in [1.165, 1.54) is 6.92 Å². The Kier molecular flexibility index (Phi) is 6.47. The Balaban J connectivity index is 2.15. The number of aliphatic hydroxyl groups is 2. The van der Waals surface area contributed by atoms with Crippen molar-refractivity contribution in [1.29, 1.82) is 0 Å². The van der Waals surface area contributed by atoms with Crippen LogP contribution < -0.4 is 0 Å². The number of hydrogen-bond donors (Lipinski definition) is 2. The molecule has 0 aromatic rings. The quantitative estimate of drug-likeness (QED) is 0.628. The molecule has 5 nitrogen and oxygen atoms in total. The van der Waals surface area contributed by atoms with Gasteiger partial charge in [0.2, 0.25) is 0 Å². The number of carbonyl (C=O) groups is 1. The summed E-state index contributed by atoms with van der Waals surface area (Å²) >= 11 is 0. The van der Waals surface area contributed by atoms with Crippen LogP contribution in [0.2, 0.25) is 0 Å². The zero-order valence-electron chi connectivity index (χ0n) is 10.6. The van der Waals surface area contributed by atoms with Crippen LogP contribution in [0.4, 0.5) is 0 Å². The van der Waals surface area contributed by atoms with Gasteiger partial charge in [0.05, 0.1) is 0 Å². The summed E-state index contributed by atoms with van der Waals surface area (Å²) < 4.78 is 0. The van der Waals surface area contributed by atoms with E-state index >= 15 is 0 Å². The highest BCUT2D eigenvalue weighted by Gasteiger charge is 2.23. The average Bonchev–Trinajstić information content (AvgIpc) is 2.34. The molecule has 100 valence electrons. The normalized spacial score (nSPS) is 19.4. The summed E-state index contributed by atoms with van der Waals surface area (Å²) in [5.74, 6) is -0.162. The number of nitrogens with zero attached hydrogens (tertiary/aromatic N) is 2. The lowest BCUT2D eigenvalue weighted by atomic mass is 10.2. The second-order valence-electron chi connectivity index (χ2n) is 4.63. The first kappa shape index (κ1) is 14.4. The third kappa shape index (κ3) is 5.02. The van der Waals surface area contributed by atoms with Crippen LogP contribution in [-0.4, -0.2) is 71.4 Å². The summed E-state index contributed by atoms with van der Waals surface area (Å²) in [6.07, 6.45) is 2.15. The molecule has 0 aromatic heterocycles. The van der Waals surface area contributed by atoms with E-state index in [2.05, 4.69) is 4.90 Å². The van der Waals surface area contributed by atoms with E-state index in [1.54, 1.807) is 4.90 Å². The highest BCUT2D eigenvalue weighted by Crippen LogP contribution is 2.06. The van der Waals surface area contributed by atoms with E-state index in [-0.39, 0.29) is 12.5 Å². The van der Waals surface area contributed by atoms with Gasteiger partial charge in [-0.05, 0) is 32.7 Å². The Labute approximate surface area is 103 Å². The standard InChI is InChI=1S/C12H24N2O3/c1-11(16)12(17)14-8-6-13(7-9-14)5-3-2-4-10-15/h11,15-16H,2-10H2,1H3. The van der Waals surface area contributed by atoms with Crippen LogP contribution in [0.1, 0.15) is 26.2 Å². The van der Waals surface area contributed by atoms with Gasteiger partial charge < -0.3 is 15.1 Å². The molecule has 0 radical (unpaired) electrons. The molecule has 1 atom stereocenters. The molecule has 1 aliphatic heterocycles. The number of amides is 1. The molecular weight excluding hydrogens is 220 g/mol. The fraction of sp³-hybridized carbons (Fsp3) is 0.917. The van der Waals surface area contributed by atoms with Gasteiger partial charge in [0.25, 0.3) is 5.91 Å². The van der Waals surface area contributed by atoms with Crippen molar-refractivity contribution in [3.8, 4) is 0 Å². The number of aliphatic hydroxyl groups excluding tert-OH is 2. The van der Waals surface area contributed by atoms with Gasteiger partial charge in [0, 0.05) is 32.8 Å². The van der Waals surface area contributed by atoms with E-state index in [1.807, 2.05) is 0 Å². The van der Waals surface area contributed by atoms with Gasteiger partial charge in [-0.25, -0.2) is 0 Å². The first-order valence-corrected chi connectivity index (χ1v) is 6.45. The minimum Gasteiger partial charge on any atom is -0.396 e. The summed E-state index contributed by atoms with van der Waals surface area (Å²) in [6, 6.07) is 0. The molecule has 1 fully saturated rings. The summed E-state index contributed by atoms with van der Waals surface area (Å²) in [5, 5.41) is 17.9. The van der Waals surface area contributed by atoms with Gasteiger partial charge in [0.1, 0.15) is 6.10 Å². The third-order valence-electron chi connectivity index (χ3n) is 3.17. The van der Waals surface area contributed by atoms with Crippen molar-refractivity contribution in [2.45, 2.75) is 32.3 Å². The van der Waals surface area contributed by atoms with Crippen molar-refractivity contribution in [2.75, 3.05) is 39.3 Å². The molecule has 1 amide bonds. The van der Waals surface area contributed by atoms with E-state index < -0.39 is 6.10 Å². The summed E-state index contributed by atoms with van der Waals surface area (Å²) in [5.41, 5.74) is 0. The van der Waals surface area contributed by atoms with Crippen LogP contribution >= 0.6 is 0 Å². The molecule has 0 aliphatic carbocycles. The lowest BCUT2D eigenvalue weighted by Crippen LogP contribution is -2.51. The second-order valence-corrected chi connectivity index (χ2v) is 4.63. The molecule has 1 saturated heterocycles. The van der Waals surface area contributed by atoms with Crippen LogP contribution in [0.3, 0.4) is 0 Å². The van der Waals surface area contributed by atoms with Crippen molar-refractivity contribution < 1.29 is 15.0 Å². The van der Waals surface area contributed by atoms with Gasteiger partial charge in [-0.1, -0.05) is 0 Å². The average molecular weight is 244 g/mol. The first-order chi connectivity index (χ1) is 8.15. The first-order valence-electron chi connectivity index (χ1n) is 6.45. The van der Waals surface area contributed by atoms with Gasteiger partial charge >= 0.3 is 0 Å². The smallest absolute Gasteiger partial charge is 0.251 e. The van der Waals surface area contributed by atoms with Gasteiger partial charge in [-0.15, -0.1) is 0 Å². The van der Waals surface area contributed by atoms with Crippen LogP contribution in [0.15, 0.2) is 0 Å². The van der Waals surface area contributed by atoms with Crippen LogP contribution in [0.25, 0.3) is 0 Å². The highest BCUT2D eigenvalue weighted by molar-refractivity contribution is 5.80. The highest BCUT2D eigenvalue weighted by atomic mass is 16.3. The zero-order chi connectivity index (χ0) is 12.7. The molecule has 1 unspecified atom stereocenters. The third-order valence-corrected chi connectivity index (χ3v) is 3.17. The maximum atomic E-state index is 11.5.